The standard InChI is InChI=1S/C12H11ClN4O2S/c1-14-11-15-10(13)16-12(17-11)20-7-2-3-8-9(6-7)19-5-4-18-8/h2-3,6H,4-5H2,1H3,(H,14,15,16,17). The molecule has 0 spiro atoms. The summed E-state index contributed by atoms with van der Waals surface area (Å²) in [5.74, 6) is 1.92. The van der Waals surface area contributed by atoms with E-state index in [4.69, 9.17) is 21.1 Å². The maximum absolute atomic E-state index is 5.85. The molecular weight excluding hydrogens is 300 g/mol. The number of rotatable bonds is 3. The topological polar surface area (TPSA) is 69.2 Å². The summed E-state index contributed by atoms with van der Waals surface area (Å²) in [5, 5.41) is 3.52. The SMILES string of the molecule is CNc1nc(Cl)nc(Sc2ccc3c(c2)OCCO3)n1. The summed E-state index contributed by atoms with van der Waals surface area (Å²) in [5.41, 5.74) is 0. The molecule has 6 nitrogen and oxygen atoms in total. The number of hydrogen-bond donors (Lipinski definition) is 1. The van der Waals surface area contributed by atoms with Gasteiger partial charge in [0.2, 0.25) is 11.2 Å². The normalized spacial score (nSPS) is 13.1. The van der Waals surface area contributed by atoms with E-state index in [-0.39, 0.29) is 5.28 Å². The predicted octanol–water partition coefficient (Wildman–Crippen LogP) is 2.49. The Bertz CT molecular complexity index is 641. The van der Waals surface area contributed by atoms with Gasteiger partial charge in [-0.2, -0.15) is 15.0 Å². The second kappa shape index (κ2) is 5.72. The van der Waals surface area contributed by atoms with Gasteiger partial charge in [-0.15, -0.1) is 0 Å². The highest BCUT2D eigenvalue weighted by Crippen LogP contribution is 2.36. The molecule has 1 aliphatic rings. The molecule has 104 valence electrons. The van der Waals surface area contributed by atoms with Crippen molar-refractivity contribution in [3.05, 3.63) is 23.5 Å². The van der Waals surface area contributed by atoms with Crippen LogP contribution >= 0.6 is 23.4 Å². The first-order valence-electron chi connectivity index (χ1n) is 5.91. The molecule has 0 atom stereocenters. The largest absolute Gasteiger partial charge is 0.486 e. The first-order chi connectivity index (χ1) is 9.74. The van der Waals surface area contributed by atoms with Gasteiger partial charge in [0, 0.05) is 11.9 Å². The lowest BCUT2D eigenvalue weighted by Crippen LogP contribution is -2.15. The number of benzene rings is 1. The third-order valence-electron chi connectivity index (χ3n) is 2.53. The summed E-state index contributed by atoms with van der Waals surface area (Å²) in [6.45, 7) is 1.14. The van der Waals surface area contributed by atoms with Gasteiger partial charge in [-0.1, -0.05) is 0 Å². The molecule has 1 aliphatic heterocycles. The minimum atomic E-state index is 0.157. The molecule has 3 rings (SSSR count). The molecule has 0 unspecified atom stereocenters. The summed E-state index contributed by atoms with van der Waals surface area (Å²) in [6, 6.07) is 5.70. The molecule has 0 aliphatic carbocycles. The highest BCUT2D eigenvalue weighted by Gasteiger charge is 2.13. The molecule has 0 radical (unpaired) electrons. The fraction of sp³-hybridized carbons (Fsp3) is 0.250. The average molecular weight is 311 g/mol. The van der Waals surface area contributed by atoms with Crippen LogP contribution in [-0.4, -0.2) is 35.2 Å². The Morgan fingerprint density at radius 3 is 2.75 bits per heavy atom. The van der Waals surface area contributed by atoms with Crippen molar-refractivity contribution in [3.8, 4) is 11.5 Å². The van der Waals surface area contributed by atoms with Gasteiger partial charge in [0.05, 0.1) is 0 Å². The zero-order chi connectivity index (χ0) is 13.9. The quantitative estimate of drug-likeness (QED) is 0.934. The molecule has 0 saturated heterocycles. The number of nitrogens with one attached hydrogen (secondary N) is 1. The second-order valence-corrected chi connectivity index (χ2v) is 5.25. The Morgan fingerprint density at radius 1 is 1.15 bits per heavy atom. The Balaban J connectivity index is 1.85. The van der Waals surface area contributed by atoms with E-state index in [0.29, 0.717) is 24.3 Å². The number of fused-ring (bicyclic) bond motifs is 1. The number of hydrogen-bond acceptors (Lipinski definition) is 7. The van der Waals surface area contributed by atoms with Gasteiger partial charge < -0.3 is 14.8 Å². The van der Waals surface area contributed by atoms with Gasteiger partial charge in [0.15, 0.2) is 16.7 Å². The summed E-state index contributed by atoms with van der Waals surface area (Å²) < 4.78 is 11.0. The molecule has 0 saturated carbocycles. The Hall–Kier alpha value is -1.73. The Kier molecular flexibility index (Phi) is 3.79. The molecule has 1 aromatic heterocycles. The van der Waals surface area contributed by atoms with Crippen LogP contribution in [0.3, 0.4) is 0 Å². The molecule has 1 aromatic carbocycles. The van der Waals surface area contributed by atoms with Crippen molar-refractivity contribution in [1.82, 2.24) is 15.0 Å². The van der Waals surface area contributed by atoms with Crippen molar-refractivity contribution in [2.24, 2.45) is 0 Å². The van der Waals surface area contributed by atoms with Crippen molar-refractivity contribution < 1.29 is 9.47 Å². The maximum Gasteiger partial charge on any atom is 0.228 e. The van der Waals surface area contributed by atoms with Crippen molar-refractivity contribution in [1.29, 1.82) is 0 Å². The molecule has 0 fully saturated rings. The number of aromatic nitrogens is 3. The van der Waals surface area contributed by atoms with Gasteiger partial charge in [-0.05, 0) is 41.6 Å². The van der Waals surface area contributed by atoms with E-state index < -0.39 is 0 Å². The van der Waals surface area contributed by atoms with Crippen LogP contribution < -0.4 is 14.8 Å². The van der Waals surface area contributed by atoms with Gasteiger partial charge >= 0.3 is 0 Å². The number of halogens is 1. The smallest absolute Gasteiger partial charge is 0.228 e. The number of anilines is 1. The first-order valence-corrected chi connectivity index (χ1v) is 7.11. The minimum Gasteiger partial charge on any atom is -0.486 e. The van der Waals surface area contributed by atoms with Crippen LogP contribution in [0.4, 0.5) is 5.95 Å². The lowest BCUT2D eigenvalue weighted by molar-refractivity contribution is 0.171. The van der Waals surface area contributed by atoms with Gasteiger partial charge in [0.1, 0.15) is 13.2 Å². The summed E-state index contributed by atoms with van der Waals surface area (Å²) >= 11 is 7.23. The van der Waals surface area contributed by atoms with Crippen LogP contribution in [0.15, 0.2) is 28.3 Å². The molecular formula is C12H11ClN4O2S. The summed E-state index contributed by atoms with van der Waals surface area (Å²) in [4.78, 5) is 13.2. The van der Waals surface area contributed by atoms with Crippen LogP contribution in [0.2, 0.25) is 5.28 Å². The highest BCUT2D eigenvalue weighted by atomic mass is 35.5. The van der Waals surface area contributed by atoms with Crippen LogP contribution in [0.1, 0.15) is 0 Å². The van der Waals surface area contributed by atoms with E-state index in [1.54, 1.807) is 7.05 Å². The monoisotopic (exact) mass is 310 g/mol. The summed E-state index contributed by atoms with van der Waals surface area (Å²) in [7, 11) is 1.73. The van der Waals surface area contributed by atoms with Crippen molar-refractivity contribution in [3.63, 3.8) is 0 Å². The van der Waals surface area contributed by atoms with E-state index in [2.05, 4.69) is 20.3 Å². The second-order valence-electron chi connectivity index (χ2n) is 3.87. The predicted molar refractivity (Wildman–Crippen MR) is 75.9 cm³/mol. The Labute approximate surface area is 124 Å². The molecule has 2 heterocycles. The van der Waals surface area contributed by atoms with Crippen LogP contribution in [0, 0.1) is 0 Å². The lowest BCUT2D eigenvalue weighted by atomic mass is 10.3. The Morgan fingerprint density at radius 2 is 1.95 bits per heavy atom. The van der Waals surface area contributed by atoms with Gasteiger partial charge in [0.25, 0.3) is 0 Å². The molecule has 0 bridgehead atoms. The molecule has 0 amide bonds. The van der Waals surface area contributed by atoms with Crippen LogP contribution in [0.25, 0.3) is 0 Å². The molecule has 20 heavy (non-hydrogen) atoms. The van der Waals surface area contributed by atoms with Gasteiger partial charge in [-0.25, -0.2) is 0 Å². The van der Waals surface area contributed by atoms with E-state index in [1.165, 1.54) is 11.8 Å². The summed E-state index contributed by atoms with van der Waals surface area (Å²) in [6.07, 6.45) is 0. The van der Waals surface area contributed by atoms with E-state index in [1.807, 2.05) is 18.2 Å². The van der Waals surface area contributed by atoms with Gasteiger partial charge in [-0.3, -0.25) is 0 Å². The van der Waals surface area contributed by atoms with E-state index in [9.17, 15) is 0 Å². The maximum atomic E-state index is 5.85. The average Bonchev–Trinajstić information content (AvgIpc) is 2.46. The van der Waals surface area contributed by atoms with Crippen molar-refractivity contribution in [2.75, 3.05) is 25.6 Å². The minimum absolute atomic E-state index is 0.157. The fourth-order valence-electron chi connectivity index (χ4n) is 1.68. The zero-order valence-electron chi connectivity index (χ0n) is 10.6. The van der Waals surface area contributed by atoms with Crippen LogP contribution in [-0.2, 0) is 0 Å². The third kappa shape index (κ3) is 2.88. The van der Waals surface area contributed by atoms with E-state index >= 15 is 0 Å². The molecule has 8 heteroatoms. The number of ether oxygens (including phenoxy) is 2. The third-order valence-corrected chi connectivity index (χ3v) is 3.56. The molecule has 1 N–H and O–H groups in total. The van der Waals surface area contributed by atoms with Crippen LogP contribution in [0.5, 0.6) is 11.5 Å². The first kappa shape index (κ1) is 13.3. The van der Waals surface area contributed by atoms with E-state index in [0.717, 1.165) is 16.4 Å². The fourth-order valence-corrected chi connectivity index (χ4v) is 2.67. The van der Waals surface area contributed by atoms with Crippen molar-refractivity contribution >= 4 is 29.3 Å². The highest BCUT2D eigenvalue weighted by molar-refractivity contribution is 7.99. The number of nitrogens with zero attached hydrogens (tertiary/aromatic N) is 3. The molecule has 2 aromatic rings. The zero-order valence-corrected chi connectivity index (χ0v) is 12.2. The lowest BCUT2D eigenvalue weighted by Gasteiger charge is -2.18. The van der Waals surface area contributed by atoms with Crippen molar-refractivity contribution in [2.45, 2.75) is 10.1 Å².